The van der Waals surface area contributed by atoms with Crippen LogP contribution in [0.3, 0.4) is 0 Å². The van der Waals surface area contributed by atoms with Crippen LogP contribution in [0.4, 0.5) is 11.5 Å². The van der Waals surface area contributed by atoms with Gasteiger partial charge in [-0.25, -0.2) is 0 Å². The van der Waals surface area contributed by atoms with Gasteiger partial charge in [-0.2, -0.15) is 5.10 Å². The van der Waals surface area contributed by atoms with E-state index in [1.165, 1.54) is 0 Å². The monoisotopic (exact) mass is 148 g/mol. The largest absolute Gasteiger partial charge is 0.394 e. The van der Waals surface area contributed by atoms with Crippen LogP contribution < -0.4 is 11.5 Å². The highest BCUT2D eigenvalue weighted by atomic mass is 35.5. The minimum Gasteiger partial charge on any atom is -0.394 e. The quantitative estimate of drug-likeness (QED) is 0.495. The summed E-state index contributed by atoms with van der Waals surface area (Å²) in [6.45, 7) is 1.79. The third kappa shape index (κ3) is 1.26. The van der Waals surface area contributed by atoms with Gasteiger partial charge in [-0.05, 0) is 6.92 Å². The lowest BCUT2D eigenvalue weighted by Gasteiger charge is -1.84. The fourth-order valence-corrected chi connectivity index (χ4v) is 0.459. The van der Waals surface area contributed by atoms with Crippen LogP contribution in [-0.4, -0.2) is 10.2 Å². The van der Waals surface area contributed by atoms with Gasteiger partial charge in [0.15, 0.2) is 0 Å². The third-order valence-corrected chi connectivity index (χ3v) is 1.02. The van der Waals surface area contributed by atoms with Gasteiger partial charge in [-0.3, -0.25) is 5.10 Å². The molecule has 1 aromatic rings. The Bertz CT molecular complexity index is 175. The summed E-state index contributed by atoms with van der Waals surface area (Å²) in [4.78, 5) is 0. The van der Waals surface area contributed by atoms with Crippen molar-refractivity contribution in [3.8, 4) is 0 Å². The van der Waals surface area contributed by atoms with E-state index >= 15 is 0 Å². The molecule has 0 saturated heterocycles. The molecule has 0 aliphatic rings. The maximum absolute atomic E-state index is 5.38. The van der Waals surface area contributed by atoms with Gasteiger partial charge in [0.2, 0.25) is 0 Å². The summed E-state index contributed by atoms with van der Waals surface area (Å²) in [5.74, 6) is 0.447. The van der Waals surface area contributed by atoms with E-state index in [-0.39, 0.29) is 12.4 Å². The van der Waals surface area contributed by atoms with Crippen LogP contribution in [0, 0.1) is 6.92 Å². The second-order valence-electron chi connectivity index (χ2n) is 1.64. The third-order valence-electron chi connectivity index (χ3n) is 1.02. The zero-order chi connectivity index (χ0) is 6.15. The van der Waals surface area contributed by atoms with Crippen molar-refractivity contribution in [1.82, 2.24) is 10.2 Å². The van der Waals surface area contributed by atoms with Gasteiger partial charge in [0.25, 0.3) is 0 Å². The first-order valence-electron chi connectivity index (χ1n) is 2.27. The van der Waals surface area contributed by atoms with Crippen LogP contribution in [0.25, 0.3) is 0 Å². The average Bonchev–Trinajstić information content (AvgIpc) is 1.98. The van der Waals surface area contributed by atoms with E-state index in [0.717, 1.165) is 5.69 Å². The molecule has 0 bridgehead atoms. The number of aryl methyl sites for hydroxylation is 1. The van der Waals surface area contributed by atoms with Crippen molar-refractivity contribution in [2.45, 2.75) is 6.92 Å². The van der Waals surface area contributed by atoms with Crippen LogP contribution in [0.1, 0.15) is 5.69 Å². The Balaban J connectivity index is 0.000000640. The summed E-state index contributed by atoms with van der Waals surface area (Å²) in [6.07, 6.45) is 0. The van der Waals surface area contributed by atoms with Crippen molar-refractivity contribution in [2.75, 3.05) is 11.5 Å². The van der Waals surface area contributed by atoms with Crippen molar-refractivity contribution >= 4 is 23.9 Å². The molecule has 1 rings (SSSR count). The molecule has 9 heavy (non-hydrogen) atoms. The maximum Gasteiger partial charge on any atom is 0.142 e. The van der Waals surface area contributed by atoms with Gasteiger partial charge >= 0.3 is 0 Å². The Morgan fingerprint density at radius 3 is 2.11 bits per heavy atom. The minimum absolute atomic E-state index is 0. The molecule has 0 saturated carbocycles. The van der Waals surface area contributed by atoms with E-state index in [4.69, 9.17) is 11.5 Å². The van der Waals surface area contributed by atoms with E-state index in [9.17, 15) is 0 Å². The number of hydrogen-bond donors (Lipinski definition) is 3. The number of anilines is 2. The second-order valence-corrected chi connectivity index (χ2v) is 1.64. The highest BCUT2D eigenvalue weighted by Crippen LogP contribution is 2.12. The Labute approximate surface area is 59.0 Å². The molecule has 0 aliphatic heterocycles. The highest BCUT2D eigenvalue weighted by Gasteiger charge is 1.98. The number of nitrogens with one attached hydrogen (secondary N) is 1. The van der Waals surface area contributed by atoms with Crippen molar-refractivity contribution in [1.29, 1.82) is 0 Å². The topological polar surface area (TPSA) is 80.7 Å². The first kappa shape index (κ1) is 8.10. The number of hydrogen-bond acceptors (Lipinski definition) is 3. The smallest absolute Gasteiger partial charge is 0.142 e. The number of halogens is 1. The lowest BCUT2D eigenvalue weighted by atomic mass is 10.4. The predicted molar refractivity (Wildman–Crippen MR) is 39.4 cm³/mol. The molecule has 52 valence electrons. The van der Waals surface area contributed by atoms with Gasteiger partial charge in [0.05, 0.1) is 11.4 Å². The number of rotatable bonds is 0. The number of H-pyrrole nitrogens is 1. The Morgan fingerprint density at radius 1 is 1.44 bits per heavy atom. The molecule has 5 N–H and O–H groups in total. The van der Waals surface area contributed by atoms with Crippen molar-refractivity contribution < 1.29 is 0 Å². The van der Waals surface area contributed by atoms with Gasteiger partial charge < -0.3 is 11.5 Å². The summed E-state index contributed by atoms with van der Waals surface area (Å²) in [5.41, 5.74) is 12.0. The van der Waals surface area contributed by atoms with Crippen molar-refractivity contribution in [3.05, 3.63) is 5.69 Å². The highest BCUT2D eigenvalue weighted by molar-refractivity contribution is 5.85. The maximum atomic E-state index is 5.38. The molecule has 5 heteroatoms. The molecule has 0 unspecified atom stereocenters. The Kier molecular flexibility index (Phi) is 2.33. The first-order chi connectivity index (χ1) is 3.72. The molecule has 0 amide bonds. The standard InChI is InChI=1S/C4H8N4.ClH/c1-2-3(5)4(6)8-7-2;/h5H2,1H3,(H3,6,7,8);1H. The molecule has 4 nitrogen and oxygen atoms in total. The number of aromatic amines is 1. The molecule has 0 atom stereocenters. The fraction of sp³-hybridized carbons (Fsp3) is 0.250. The SMILES string of the molecule is Cc1n[nH]c(N)c1N.Cl. The summed E-state index contributed by atoms with van der Waals surface area (Å²) < 4.78 is 0. The zero-order valence-corrected chi connectivity index (χ0v) is 5.83. The van der Waals surface area contributed by atoms with Crippen LogP contribution in [0.2, 0.25) is 0 Å². The Hall–Kier alpha value is -0.900. The lowest BCUT2D eigenvalue weighted by molar-refractivity contribution is 1.05. The second kappa shape index (κ2) is 2.59. The van der Waals surface area contributed by atoms with E-state index in [2.05, 4.69) is 10.2 Å². The molecule has 0 spiro atoms. The van der Waals surface area contributed by atoms with Gasteiger partial charge in [-0.15, -0.1) is 12.4 Å². The lowest BCUT2D eigenvalue weighted by Crippen LogP contribution is -1.91. The van der Waals surface area contributed by atoms with E-state index in [1.54, 1.807) is 6.92 Å². The molecule has 1 aromatic heterocycles. The van der Waals surface area contributed by atoms with E-state index in [1.807, 2.05) is 0 Å². The first-order valence-corrected chi connectivity index (χ1v) is 2.27. The predicted octanol–water partition coefficient (Wildman–Crippen LogP) is 0.304. The fourth-order valence-electron chi connectivity index (χ4n) is 0.459. The normalized spacial score (nSPS) is 8.56. The van der Waals surface area contributed by atoms with Gasteiger partial charge in [0.1, 0.15) is 5.82 Å². The van der Waals surface area contributed by atoms with Crippen LogP contribution in [-0.2, 0) is 0 Å². The van der Waals surface area contributed by atoms with Crippen molar-refractivity contribution in [3.63, 3.8) is 0 Å². The molecular formula is C4H9ClN4. The van der Waals surface area contributed by atoms with E-state index in [0.29, 0.717) is 11.5 Å². The summed E-state index contributed by atoms with van der Waals surface area (Å²) >= 11 is 0. The molecule has 0 aromatic carbocycles. The molecule has 1 heterocycles. The van der Waals surface area contributed by atoms with Gasteiger partial charge in [-0.1, -0.05) is 0 Å². The van der Waals surface area contributed by atoms with Crippen LogP contribution >= 0.6 is 12.4 Å². The average molecular weight is 149 g/mol. The summed E-state index contributed by atoms with van der Waals surface area (Å²) in [5, 5.41) is 6.28. The zero-order valence-electron chi connectivity index (χ0n) is 5.01. The number of nitrogen functional groups attached to an aromatic ring is 2. The van der Waals surface area contributed by atoms with Crippen LogP contribution in [0.5, 0.6) is 0 Å². The molecular weight excluding hydrogens is 140 g/mol. The van der Waals surface area contributed by atoms with Crippen LogP contribution in [0.15, 0.2) is 0 Å². The Morgan fingerprint density at radius 2 is 2.00 bits per heavy atom. The minimum atomic E-state index is 0. The number of nitrogens with two attached hydrogens (primary N) is 2. The molecule has 0 radical (unpaired) electrons. The molecule has 0 fully saturated rings. The number of aromatic nitrogens is 2. The number of nitrogens with zero attached hydrogens (tertiary/aromatic N) is 1. The van der Waals surface area contributed by atoms with Crippen molar-refractivity contribution in [2.24, 2.45) is 0 Å². The van der Waals surface area contributed by atoms with Gasteiger partial charge in [0, 0.05) is 0 Å². The molecule has 0 aliphatic carbocycles. The summed E-state index contributed by atoms with van der Waals surface area (Å²) in [7, 11) is 0. The van der Waals surface area contributed by atoms with E-state index < -0.39 is 0 Å². The summed E-state index contributed by atoms with van der Waals surface area (Å²) in [6, 6.07) is 0.